The largest absolute Gasteiger partial charge is 0.390 e. The molecule has 0 aromatic heterocycles. The molecule has 21 heavy (non-hydrogen) atoms. The van der Waals surface area contributed by atoms with Gasteiger partial charge >= 0.3 is 0 Å². The zero-order valence-electron chi connectivity index (χ0n) is 14.3. The third-order valence-electron chi connectivity index (χ3n) is 6.69. The highest BCUT2D eigenvalue weighted by atomic mass is 16.3. The predicted molar refractivity (Wildman–Crippen MR) is 83.9 cm³/mol. The first-order chi connectivity index (χ1) is 9.51. The van der Waals surface area contributed by atoms with Gasteiger partial charge in [0.05, 0.1) is 5.60 Å². The Morgan fingerprint density at radius 2 is 1.81 bits per heavy atom. The Bertz CT molecular complexity index is 413. The Morgan fingerprint density at radius 3 is 2.38 bits per heavy atom. The van der Waals surface area contributed by atoms with Crippen LogP contribution in [0.5, 0.6) is 0 Å². The first-order valence-electron chi connectivity index (χ1n) is 8.41. The molecule has 3 heteroatoms. The SMILES string of the molecule is CC(=O)C(O)CC1C(C)(O)CCC2C(C)(C)CCCC21C. The summed E-state index contributed by atoms with van der Waals surface area (Å²) < 4.78 is 0. The number of Topliss-reactive ketones (excluding diaryl/α,β-unsaturated/α-hetero) is 1. The number of carbonyl (C=O) groups excluding carboxylic acids is 1. The molecule has 5 unspecified atom stereocenters. The van der Waals surface area contributed by atoms with Crippen LogP contribution in [0.15, 0.2) is 0 Å². The lowest BCUT2D eigenvalue weighted by molar-refractivity contribution is -0.177. The average Bonchev–Trinajstić information content (AvgIpc) is 2.32. The van der Waals surface area contributed by atoms with E-state index < -0.39 is 11.7 Å². The van der Waals surface area contributed by atoms with Crippen molar-refractivity contribution in [2.75, 3.05) is 0 Å². The van der Waals surface area contributed by atoms with Crippen LogP contribution in [-0.2, 0) is 4.79 Å². The second-order valence-corrected chi connectivity index (χ2v) is 8.71. The molecule has 3 nitrogen and oxygen atoms in total. The summed E-state index contributed by atoms with van der Waals surface area (Å²) in [6.07, 6.45) is 4.76. The van der Waals surface area contributed by atoms with Crippen molar-refractivity contribution in [2.24, 2.45) is 22.7 Å². The minimum absolute atomic E-state index is 0.0118. The first-order valence-corrected chi connectivity index (χ1v) is 8.41. The van der Waals surface area contributed by atoms with E-state index in [1.807, 2.05) is 6.92 Å². The fourth-order valence-electron chi connectivity index (χ4n) is 5.54. The van der Waals surface area contributed by atoms with Crippen LogP contribution in [-0.4, -0.2) is 27.7 Å². The number of ketones is 1. The Kier molecular flexibility index (Phi) is 4.31. The Labute approximate surface area is 129 Å². The van der Waals surface area contributed by atoms with Crippen molar-refractivity contribution >= 4 is 5.78 Å². The maximum absolute atomic E-state index is 11.5. The lowest BCUT2D eigenvalue weighted by Crippen LogP contribution is -2.58. The van der Waals surface area contributed by atoms with Crippen LogP contribution in [0.1, 0.15) is 73.1 Å². The second kappa shape index (κ2) is 5.34. The zero-order chi connectivity index (χ0) is 16.1. The number of aliphatic hydroxyl groups excluding tert-OH is 1. The fourth-order valence-corrected chi connectivity index (χ4v) is 5.54. The molecule has 0 heterocycles. The third kappa shape index (κ3) is 2.92. The number of hydrogen-bond acceptors (Lipinski definition) is 3. The maximum Gasteiger partial charge on any atom is 0.158 e. The van der Waals surface area contributed by atoms with E-state index in [0.717, 1.165) is 19.3 Å². The molecule has 0 spiro atoms. The molecular formula is C18H32O3. The summed E-state index contributed by atoms with van der Waals surface area (Å²) in [5.41, 5.74) is -0.488. The predicted octanol–water partition coefficient (Wildman–Crippen LogP) is 3.32. The second-order valence-electron chi connectivity index (χ2n) is 8.71. The normalized spacial score (nSPS) is 44.0. The minimum Gasteiger partial charge on any atom is -0.390 e. The minimum atomic E-state index is -0.943. The molecule has 0 aromatic rings. The van der Waals surface area contributed by atoms with Crippen molar-refractivity contribution in [2.45, 2.75) is 84.8 Å². The van der Waals surface area contributed by atoms with E-state index in [4.69, 9.17) is 0 Å². The summed E-state index contributed by atoms with van der Waals surface area (Å²) in [7, 11) is 0. The topological polar surface area (TPSA) is 57.5 Å². The van der Waals surface area contributed by atoms with Crippen molar-refractivity contribution in [3.05, 3.63) is 0 Å². The van der Waals surface area contributed by atoms with E-state index in [0.29, 0.717) is 12.3 Å². The van der Waals surface area contributed by atoms with Crippen molar-refractivity contribution in [1.82, 2.24) is 0 Å². The van der Waals surface area contributed by atoms with Gasteiger partial charge in [-0.2, -0.15) is 0 Å². The molecule has 0 radical (unpaired) electrons. The van der Waals surface area contributed by atoms with E-state index in [-0.39, 0.29) is 22.5 Å². The molecule has 2 fully saturated rings. The molecule has 2 N–H and O–H groups in total. The number of carbonyl (C=O) groups is 1. The van der Waals surface area contributed by atoms with Gasteiger partial charge in [0, 0.05) is 0 Å². The fraction of sp³-hybridized carbons (Fsp3) is 0.944. The van der Waals surface area contributed by atoms with Crippen LogP contribution in [0.2, 0.25) is 0 Å². The van der Waals surface area contributed by atoms with Crippen LogP contribution in [0.25, 0.3) is 0 Å². The highest BCUT2D eigenvalue weighted by Crippen LogP contribution is 2.62. The van der Waals surface area contributed by atoms with Gasteiger partial charge in [-0.15, -0.1) is 0 Å². The lowest BCUT2D eigenvalue weighted by atomic mass is 9.45. The van der Waals surface area contributed by atoms with E-state index in [1.165, 1.54) is 19.8 Å². The molecule has 5 atom stereocenters. The summed E-state index contributed by atoms with van der Waals surface area (Å²) in [6.45, 7) is 10.3. The summed E-state index contributed by atoms with van der Waals surface area (Å²) in [5.74, 6) is 0.358. The van der Waals surface area contributed by atoms with Crippen LogP contribution < -0.4 is 0 Å². The molecule has 0 saturated heterocycles. The smallest absolute Gasteiger partial charge is 0.158 e. The van der Waals surface area contributed by atoms with Gasteiger partial charge in [-0.3, -0.25) is 4.79 Å². The van der Waals surface area contributed by atoms with Crippen molar-refractivity contribution in [3.63, 3.8) is 0 Å². The summed E-state index contributed by atoms with van der Waals surface area (Å²) in [6, 6.07) is 0. The van der Waals surface area contributed by atoms with Crippen molar-refractivity contribution in [1.29, 1.82) is 0 Å². The van der Waals surface area contributed by atoms with E-state index in [1.54, 1.807) is 0 Å². The molecule has 0 bridgehead atoms. The zero-order valence-corrected chi connectivity index (χ0v) is 14.3. The summed E-state index contributed by atoms with van der Waals surface area (Å²) >= 11 is 0. The van der Waals surface area contributed by atoms with Gasteiger partial charge in [0.1, 0.15) is 6.10 Å². The molecule has 2 rings (SSSR count). The van der Waals surface area contributed by atoms with Crippen LogP contribution in [0.4, 0.5) is 0 Å². The van der Waals surface area contributed by atoms with Crippen molar-refractivity contribution < 1.29 is 15.0 Å². The standard InChI is InChI=1S/C18H32O3/c1-12(19)13(20)11-15-17(4)9-6-8-16(2,3)14(17)7-10-18(15,5)21/h13-15,20-21H,6-11H2,1-5H3. The molecule has 0 aliphatic heterocycles. The number of rotatable bonds is 3. The molecule has 2 saturated carbocycles. The van der Waals surface area contributed by atoms with Crippen LogP contribution in [0, 0.1) is 22.7 Å². The molecular weight excluding hydrogens is 264 g/mol. The van der Waals surface area contributed by atoms with Gasteiger partial charge in [-0.25, -0.2) is 0 Å². The molecule has 2 aliphatic carbocycles. The van der Waals surface area contributed by atoms with Crippen LogP contribution >= 0.6 is 0 Å². The van der Waals surface area contributed by atoms with Gasteiger partial charge < -0.3 is 10.2 Å². The Morgan fingerprint density at radius 1 is 1.19 bits per heavy atom. The summed E-state index contributed by atoms with van der Waals surface area (Å²) in [4.78, 5) is 11.5. The van der Waals surface area contributed by atoms with E-state index in [9.17, 15) is 15.0 Å². The van der Waals surface area contributed by atoms with Gasteiger partial charge in [0.2, 0.25) is 0 Å². The Hall–Kier alpha value is -0.410. The van der Waals surface area contributed by atoms with Gasteiger partial charge in [0.25, 0.3) is 0 Å². The number of aliphatic hydroxyl groups is 2. The summed E-state index contributed by atoms with van der Waals surface area (Å²) in [5, 5.41) is 21.0. The first kappa shape index (κ1) is 17.0. The number of hydrogen-bond donors (Lipinski definition) is 2. The maximum atomic E-state index is 11.5. The van der Waals surface area contributed by atoms with Gasteiger partial charge in [0.15, 0.2) is 5.78 Å². The average molecular weight is 296 g/mol. The molecule has 2 aliphatic rings. The Balaban J connectivity index is 2.35. The van der Waals surface area contributed by atoms with Gasteiger partial charge in [-0.05, 0) is 68.6 Å². The third-order valence-corrected chi connectivity index (χ3v) is 6.69. The molecule has 0 aromatic carbocycles. The quantitative estimate of drug-likeness (QED) is 0.840. The monoisotopic (exact) mass is 296 g/mol. The van der Waals surface area contributed by atoms with Gasteiger partial charge in [-0.1, -0.05) is 27.2 Å². The highest BCUT2D eigenvalue weighted by Gasteiger charge is 2.58. The van der Waals surface area contributed by atoms with E-state index >= 15 is 0 Å². The lowest BCUT2D eigenvalue weighted by Gasteiger charge is -2.61. The number of fused-ring (bicyclic) bond motifs is 1. The molecule has 122 valence electrons. The van der Waals surface area contributed by atoms with E-state index in [2.05, 4.69) is 20.8 Å². The molecule has 0 amide bonds. The highest BCUT2D eigenvalue weighted by molar-refractivity contribution is 5.80. The van der Waals surface area contributed by atoms with Crippen molar-refractivity contribution in [3.8, 4) is 0 Å². The van der Waals surface area contributed by atoms with Crippen LogP contribution in [0.3, 0.4) is 0 Å².